The maximum absolute atomic E-state index is 11.4. The van der Waals surface area contributed by atoms with Gasteiger partial charge in [-0.25, -0.2) is 0 Å². The fraction of sp³-hybridized carbons (Fsp3) is 0.900. The lowest BCUT2D eigenvalue weighted by Gasteiger charge is -2.18. The van der Waals surface area contributed by atoms with Gasteiger partial charge in [0.1, 0.15) is 0 Å². The van der Waals surface area contributed by atoms with Crippen LogP contribution < -0.4 is 11.1 Å². The Labute approximate surface area is 81.1 Å². The van der Waals surface area contributed by atoms with Gasteiger partial charge in [-0.2, -0.15) is 0 Å². The molecule has 0 aromatic rings. The Hall–Kier alpha value is -0.570. The summed E-state index contributed by atoms with van der Waals surface area (Å²) in [5.74, 6) is 0.711. The summed E-state index contributed by atoms with van der Waals surface area (Å²) in [5, 5.41) is 2.83. The second kappa shape index (κ2) is 5.97. The lowest BCUT2D eigenvalue weighted by Crippen LogP contribution is -2.45. The van der Waals surface area contributed by atoms with Crippen LogP contribution in [0.4, 0.5) is 0 Å². The van der Waals surface area contributed by atoms with Gasteiger partial charge in [0, 0.05) is 6.54 Å². The van der Waals surface area contributed by atoms with Crippen LogP contribution in [0.25, 0.3) is 0 Å². The van der Waals surface area contributed by atoms with Gasteiger partial charge in [-0.15, -0.1) is 0 Å². The molecule has 0 spiro atoms. The van der Waals surface area contributed by atoms with Gasteiger partial charge >= 0.3 is 0 Å². The van der Waals surface area contributed by atoms with Gasteiger partial charge in [0.25, 0.3) is 0 Å². The number of nitrogens with one attached hydrogen (secondary N) is 1. The molecule has 0 fully saturated rings. The van der Waals surface area contributed by atoms with Crippen molar-refractivity contribution in [2.24, 2.45) is 17.6 Å². The molecule has 0 unspecified atom stereocenters. The highest BCUT2D eigenvalue weighted by Crippen LogP contribution is 2.05. The number of hydrogen-bond acceptors (Lipinski definition) is 2. The van der Waals surface area contributed by atoms with E-state index in [0.29, 0.717) is 12.5 Å². The molecule has 0 saturated heterocycles. The summed E-state index contributed by atoms with van der Waals surface area (Å²) in [6, 6.07) is -0.358. The maximum atomic E-state index is 11.4. The van der Waals surface area contributed by atoms with Crippen molar-refractivity contribution in [3.8, 4) is 0 Å². The molecule has 0 aliphatic heterocycles. The molecule has 0 saturated carbocycles. The fourth-order valence-corrected chi connectivity index (χ4v) is 0.935. The van der Waals surface area contributed by atoms with Crippen LogP contribution in [0.5, 0.6) is 0 Å². The third-order valence-electron chi connectivity index (χ3n) is 2.24. The Balaban J connectivity index is 3.82. The minimum absolute atomic E-state index is 0.0250. The third-order valence-corrected chi connectivity index (χ3v) is 2.24. The summed E-state index contributed by atoms with van der Waals surface area (Å²) >= 11 is 0. The van der Waals surface area contributed by atoms with Crippen LogP contribution in [0.15, 0.2) is 0 Å². The summed E-state index contributed by atoms with van der Waals surface area (Å²) < 4.78 is 0. The molecule has 1 amide bonds. The van der Waals surface area contributed by atoms with Crippen LogP contribution in [-0.2, 0) is 4.79 Å². The van der Waals surface area contributed by atoms with Crippen molar-refractivity contribution in [2.75, 3.05) is 6.54 Å². The average molecular weight is 186 g/mol. The monoisotopic (exact) mass is 186 g/mol. The molecule has 3 nitrogen and oxygen atoms in total. The summed E-state index contributed by atoms with van der Waals surface area (Å²) in [6.45, 7) is 8.88. The second-order valence-electron chi connectivity index (χ2n) is 4.05. The molecule has 13 heavy (non-hydrogen) atoms. The highest BCUT2D eigenvalue weighted by atomic mass is 16.2. The van der Waals surface area contributed by atoms with Crippen molar-refractivity contribution in [3.05, 3.63) is 0 Å². The zero-order valence-electron chi connectivity index (χ0n) is 9.13. The predicted octanol–water partition coefficient (Wildman–Crippen LogP) is 1.13. The molecule has 78 valence electrons. The SMILES string of the molecule is CC[C@H](C)[C@@H](N)C(=O)NCC(C)C. The predicted molar refractivity (Wildman–Crippen MR) is 55.3 cm³/mol. The molecule has 2 atom stereocenters. The van der Waals surface area contributed by atoms with E-state index in [0.717, 1.165) is 6.42 Å². The lowest BCUT2D eigenvalue weighted by molar-refractivity contribution is -0.123. The molecular formula is C10H22N2O. The molecular weight excluding hydrogens is 164 g/mol. The van der Waals surface area contributed by atoms with E-state index in [1.807, 2.05) is 13.8 Å². The highest BCUT2D eigenvalue weighted by Gasteiger charge is 2.18. The minimum Gasteiger partial charge on any atom is -0.354 e. The van der Waals surface area contributed by atoms with Gasteiger partial charge in [0.05, 0.1) is 6.04 Å². The molecule has 0 bridgehead atoms. The molecule has 0 aliphatic carbocycles. The van der Waals surface area contributed by atoms with E-state index in [-0.39, 0.29) is 17.9 Å². The normalized spacial score (nSPS) is 15.5. The number of carbonyl (C=O) groups excluding carboxylic acids is 1. The number of amides is 1. The van der Waals surface area contributed by atoms with Gasteiger partial charge < -0.3 is 11.1 Å². The highest BCUT2D eigenvalue weighted by molar-refractivity contribution is 5.81. The van der Waals surface area contributed by atoms with Gasteiger partial charge in [-0.3, -0.25) is 4.79 Å². The first-order valence-corrected chi connectivity index (χ1v) is 5.02. The van der Waals surface area contributed by atoms with Crippen LogP contribution in [0.3, 0.4) is 0 Å². The van der Waals surface area contributed by atoms with Gasteiger partial charge in [-0.1, -0.05) is 34.1 Å². The standard InChI is InChI=1S/C10H22N2O/c1-5-8(4)9(11)10(13)12-6-7(2)3/h7-9H,5-6,11H2,1-4H3,(H,12,13)/t8-,9+/m0/s1. The smallest absolute Gasteiger partial charge is 0.237 e. The van der Waals surface area contributed by atoms with Crippen molar-refractivity contribution >= 4 is 5.91 Å². The van der Waals surface area contributed by atoms with E-state index in [1.165, 1.54) is 0 Å². The van der Waals surface area contributed by atoms with Crippen LogP contribution in [0, 0.1) is 11.8 Å². The Morgan fingerprint density at radius 3 is 2.31 bits per heavy atom. The molecule has 0 aromatic heterocycles. The van der Waals surface area contributed by atoms with Gasteiger partial charge in [-0.05, 0) is 11.8 Å². The Kier molecular flexibility index (Phi) is 5.71. The number of carbonyl (C=O) groups is 1. The number of hydrogen-bond donors (Lipinski definition) is 2. The van der Waals surface area contributed by atoms with Crippen LogP contribution in [-0.4, -0.2) is 18.5 Å². The first kappa shape index (κ1) is 12.4. The Morgan fingerprint density at radius 1 is 1.38 bits per heavy atom. The summed E-state index contributed by atoms with van der Waals surface area (Å²) in [5.41, 5.74) is 5.75. The molecule has 3 heteroatoms. The Bertz CT molecular complexity index is 157. The van der Waals surface area contributed by atoms with E-state index < -0.39 is 0 Å². The number of nitrogens with two attached hydrogens (primary N) is 1. The fourth-order valence-electron chi connectivity index (χ4n) is 0.935. The molecule has 0 rings (SSSR count). The van der Waals surface area contributed by atoms with E-state index >= 15 is 0 Å². The second-order valence-corrected chi connectivity index (χ2v) is 4.05. The first-order chi connectivity index (χ1) is 5.99. The lowest BCUT2D eigenvalue weighted by atomic mass is 9.99. The zero-order valence-corrected chi connectivity index (χ0v) is 9.13. The van der Waals surface area contributed by atoms with Crippen molar-refractivity contribution in [2.45, 2.75) is 40.2 Å². The summed E-state index contributed by atoms with van der Waals surface area (Å²) in [4.78, 5) is 11.4. The zero-order chi connectivity index (χ0) is 10.4. The molecule has 0 radical (unpaired) electrons. The summed E-state index contributed by atoms with van der Waals surface area (Å²) in [6.07, 6.45) is 0.941. The van der Waals surface area contributed by atoms with Crippen molar-refractivity contribution < 1.29 is 4.79 Å². The van der Waals surface area contributed by atoms with Crippen LogP contribution in [0.2, 0.25) is 0 Å². The third kappa shape index (κ3) is 4.88. The van der Waals surface area contributed by atoms with E-state index in [4.69, 9.17) is 5.73 Å². The van der Waals surface area contributed by atoms with Crippen molar-refractivity contribution in [3.63, 3.8) is 0 Å². The summed E-state index contributed by atoms with van der Waals surface area (Å²) in [7, 11) is 0. The topological polar surface area (TPSA) is 55.1 Å². The maximum Gasteiger partial charge on any atom is 0.237 e. The molecule has 0 aliphatic rings. The molecule has 0 heterocycles. The average Bonchev–Trinajstić information content (AvgIpc) is 2.11. The van der Waals surface area contributed by atoms with Crippen molar-refractivity contribution in [1.29, 1.82) is 0 Å². The van der Waals surface area contributed by atoms with Crippen LogP contribution >= 0.6 is 0 Å². The molecule has 3 N–H and O–H groups in total. The van der Waals surface area contributed by atoms with Gasteiger partial charge in [0.2, 0.25) is 5.91 Å². The quantitative estimate of drug-likeness (QED) is 0.676. The van der Waals surface area contributed by atoms with E-state index in [9.17, 15) is 4.79 Å². The first-order valence-electron chi connectivity index (χ1n) is 5.02. The van der Waals surface area contributed by atoms with E-state index in [2.05, 4.69) is 19.2 Å². The van der Waals surface area contributed by atoms with Gasteiger partial charge in [0.15, 0.2) is 0 Å². The Morgan fingerprint density at radius 2 is 1.92 bits per heavy atom. The molecule has 0 aromatic carbocycles. The van der Waals surface area contributed by atoms with E-state index in [1.54, 1.807) is 0 Å². The number of rotatable bonds is 5. The van der Waals surface area contributed by atoms with Crippen LogP contribution in [0.1, 0.15) is 34.1 Å². The minimum atomic E-state index is -0.358. The largest absolute Gasteiger partial charge is 0.354 e. The van der Waals surface area contributed by atoms with Crippen molar-refractivity contribution in [1.82, 2.24) is 5.32 Å².